The molecule has 3 N–H and O–H groups in total. The number of nitrogens with one attached hydrogen (secondary N) is 1. The molecule has 3 rings (SSSR count). The highest BCUT2D eigenvalue weighted by Gasteiger charge is 2.22. The number of thioether (sulfide) groups is 1. The molecule has 0 saturated carbocycles. The quantitative estimate of drug-likeness (QED) is 0.357. The number of hydrogen-bond donors (Lipinski definition) is 3. The van der Waals surface area contributed by atoms with E-state index in [0.717, 1.165) is 32.7 Å². The van der Waals surface area contributed by atoms with Crippen LogP contribution in [0.2, 0.25) is 0 Å². The number of aryl methyl sites for hydroxylation is 1. The Bertz CT molecular complexity index is 1160. The van der Waals surface area contributed by atoms with Crippen LogP contribution in [0.4, 0.5) is 0 Å². The molecule has 1 aromatic heterocycles. The summed E-state index contributed by atoms with van der Waals surface area (Å²) in [5, 5.41) is 22.1. The highest BCUT2D eigenvalue weighted by atomic mass is 32.2. The van der Waals surface area contributed by atoms with Gasteiger partial charge in [0.25, 0.3) is 5.91 Å². The first-order valence-corrected chi connectivity index (χ1v) is 13.1. The number of benzene rings is 2. The minimum Gasteiger partial charge on any atom is -0.480 e. The first-order chi connectivity index (χ1) is 16.4. The number of nitrogens with zero attached hydrogens (tertiary/aromatic N) is 1. The van der Waals surface area contributed by atoms with Gasteiger partial charge in [-0.1, -0.05) is 36.4 Å². The van der Waals surface area contributed by atoms with Crippen LogP contribution in [0.5, 0.6) is 0 Å². The first-order valence-electron chi connectivity index (χ1n) is 10.8. The second-order valence-electron chi connectivity index (χ2n) is 7.88. The van der Waals surface area contributed by atoms with Gasteiger partial charge < -0.3 is 15.5 Å². The van der Waals surface area contributed by atoms with Crippen molar-refractivity contribution in [2.45, 2.75) is 25.8 Å². The number of carbonyl (C=O) groups excluding carboxylic acids is 1. The van der Waals surface area contributed by atoms with Crippen molar-refractivity contribution in [3.05, 3.63) is 81.3 Å². The van der Waals surface area contributed by atoms with E-state index in [9.17, 15) is 19.8 Å². The average Bonchev–Trinajstić information content (AvgIpc) is 3.34. The van der Waals surface area contributed by atoms with Crippen LogP contribution >= 0.6 is 23.1 Å². The van der Waals surface area contributed by atoms with E-state index in [0.29, 0.717) is 24.2 Å². The molecule has 0 aliphatic heterocycles. The Morgan fingerprint density at radius 3 is 2.65 bits per heavy atom. The Balaban J connectivity index is 1.97. The molecule has 178 valence electrons. The summed E-state index contributed by atoms with van der Waals surface area (Å²) >= 11 is 3.04. The van der Waals surface area contributed by atoms with Crippen molar-refractivity contribution in [2.75, 3.05) is 18.6 Å². The normalized spacial score (nSPS) is 12.4. The molecule has 8 heteroatoms. The molecule has 0 aliphatic rings. The van der Waals surface area contributed by atoms with Crippen LogP contribution < -0.4 is 5.32 Å². The van der Waals surface area contributed by atoms with Gasteiger partial charge in [0.15, 0.2) is 0 Å². The van der Waals surface area contributed by atoms with Crippen molar-refractivity contribution < 1.29 is 19.8 Å². The van der Waals surface area contributed by atoms with Crippen molar-refractivity contribution in [2.24, 2.45) is 0 Å². The maximum Gasteiger partial charge on any atom is 0.326 e. The number of hydrogen-bond acceptors (Lipinski definition) is 6. The third-order valence-electron chi connectivity index (χ3n) is 5.41. The number of thiazole rings is 1. The van der Waals surface area contributed by atoms with E-state index in [1.54, 1.807) is 17.8 Å². The Morgan fingerprint density at radius 2 is 2.00 bits per heavy atom. The number of carboxylic acid groups (broad SMARTS) is 1. The molecule has 1 atom stereocenters. The lowest BCUT2D eigenvalue weighted by Gasteiger charge is -2.18. The van der Waals surface area contributed by atoms with Crippen molar-refractivity contribution >= 4 is 41.1 Å². The number of rotatable bonds is 11. The zero-order valence-corrected chi connectivity index (χ0v) is 20.8. The molecule has 0 fully saturated rings. The summed E-state index contributed by atoms with van der Waals surface area (Å²) < 4.78 is 0. The molecule has 0 radical (unpaired) electrons. The second kappa shape index (κ2) is 12.5. The van der Waals surface area contributed by atoms with E-state index in [1.165, 1.54) is 23.1 Å². The minimum atomic E-state index is -1.04. The van der Waals surface area contributed by atoms with E-state index in [-0.39, 0.29) is 6.61 Å². The lowest BCUT2D eigenvalue weighted by molar-refractivity contribution is -0.139. The summed E-state index contributed by atoms with van der Waals surface area (Å²) in [4.78, 5) is 29.9. The number of aromatic nitrogens is 1. The van der Waals surface area contributed by atoms with Crippen molar-refractivity contribution in [3.63, 3.8) is 0 Å². The molecule has 34 heavy (non-hydrogen) atoms. The second-order valence-corrected chi connectivity index (χ2v) is 9.79. The lowest BCUT2D eigenvalue weighted by atomic mass is 9.92. The minimum absolute atomic E-state index is 0.0877. The van der Waals surface area contributed by atoms with Gasteiger partial charge in [-0.15, -0.1) is 11.3 Å². The Kier molecular flexibility index (Phi) is 9.44. The summed E-state index contributed by atoms with van der Waals surface area (Å²) in [5.41, 5.74) is 6.59. The third-order valence-corrected chi connectivity index (χ3v) is 6.78. The molecule has 1 unspecified atom stereocenters. The van der Waals surface area contributed by atoms with Gasteiger partial charge in [0.1, 0.15) is 6.04 Å². The number of aliphatic hydroxyl groups excluding tert-OH is 1. The monoisotopic (exact) mass is 496 g/mol. The Labute approximate surface area is 207 Å². The number of carboxylic acids is 1. The summed E-state index contributed by atoms with van der Waals surface area (Å²) in [7, 11) is 0. The van der Waals surface area contributed by atoms with E-state index >= 15 is 0 Å². The summed E-state index contributed by atoms with van der Waals surface area (Å²) in [6.45, 7) is 1.89. The molecule has 1 heterocycles. The fourth-order valence-corrected chi connectivity index (χ4v) is 4.71. The van der Waals surface area contributed by atoms with E-state index in [1.807, 2.05) is 55.7 Å². The molecule has 0 spiro atoms. The molecular weight excluding hydrogens is 468 g/mol. The van der Waals surface area contributed by atoms with E-state index in [4.69, 9.17) is 0 Å². The van der Waals surface area contributed by atoms with Crippen LogP contribution in [0.25, 0.3) is 17.2 Å². The average molecular weight is 497 g/mol. The first kappa shape index (κ1) is 25.7. The van der Waals surface area contributed by atoms with Gasteiger partial charge in [-0.05, 0) is 71.7 Å². The van der Waals surface area contributed by atoms with Gasteiger partial charge in [-0.2, -0.15) is 11.8 Å². The topological polar surface area (TPSA) is 99.5 Å². The fourth-order valence-electron chi connectivity index (χ4n) is 3.64. The molecule has 6 nitrogen and oxygen atoms in total. The molecule has 2 aromatic carbocycles. The SMILES string of the molecule is CSCCC(NC(=O)c1ccc(CC(=Cc2cncs2)CO)cc1-c1ccccc1C)C(=O)O. The molecule has 1 amide bonds. The van der Waals surface area contributed by atoms with Crippen LogP contribution in [0.15, 0.2) is 59.7 Å². The number of aliphatic hydroxyl groups is 1. The fraction of sp³-hybridized carbons (Fsp3) is 0.269. The van der Waals surface area contributed by atoms with Crippen LogP contribution in [-0.2, 0) is 11.2 Å². The standard InChI is InChI=1S/C26H28N2O4S2/c1-17-5-3-4-6-21(17)23-13-18(11-19(15-29)12-20-14-27-16-34-20)7-8-22(23)25(30)28-24(26(31)32)9-10-33-2/h3-8,12-14,16,24,29H,9-11,15H2,1-2H3,(H,28,30)(H,31,32). The van der Waals surface area contributed by atoms with Crippen LogP contribution in [0, 0.1) is 6.92 Å². The van der Waals surface area contributed by atoms with Crippen molar-refractivity contribution in [1.82, 2.24) is 10.3 Å². The Hall–Kier alpha value is -2.94. The maximum absolute atomic E-state index is 13.2. The molecular formula is C26H28N2O4S2. The third kappa shape index (κ3) is 6.79. The van der Waals surface area contributed by atoms with Crippen molar-refractivity contribution in [3.8, 4) is 11.1 Å². The number of carbonyl (C=O) groups is 2. The predicted molar refractivity (Wildman–Crippen MR) is 139 cm³/mol. The van der Waals surface area contributed by atoms with E-state index in [2.05, 4.69) is 10.3 Å². The summed E-state index contributed by atoms with van der Waals surface area (Å²) in [5.74, 6) is -0.824. The predicted octanol–water partition coefficient (Wildman–Crippen LogP) is 4.67. The van der Waals surface area contributed by atoms with Gasteiger partial charge >= 0.3 is 5.97 Å². The molecule has 3 aromatic rings. The van der Waals surface area contributed by atoms with Crippen LogP contribution in [0.3, 0.4) is 0 Å². The maximum atomic E-state index is 13.2. The zero-order valence-electron chi connectivity index (χ0n) is 19.2. The smallest absolute Gasteiger partial charge is 0.326 e. The highest BCUT2D eigenvalue weighted by molar-refractivity contribution is 7.98. The van der Waals surface area contributed by atoms with Gasteiger partial charge in [-0.3, -0.25) is 9.78 Å². The largest absolute Gasteiger partial charge is 0.480 e. The molecule has 0 aliphatic carbocycles. The van der Waals surface area contributed by atoms with Gasteiger partial charge in [0, 0.05) is 16.6 Å². The van der Waals surface area contributed by atoms with E-state index < -0.39 is 17.9 Å². The van der Waals surface area contributed by atoms with Gasteiger partial charge in [0.05, 0.1) is 12.1 Å². The number of amides is 1. The summed E-state index contributed by atoms with van der Waals surface area (Å²) in [6, 6.07) is 12.4. The zero-order chi connectivity index (χ0) is 24.5. The number of aliphatic carboxylic acids is 1. The van der Waals surface area contributed by atoms with Crippen LogP contribution in [-0.4, -0.2) is 51.7 Å². The van der Waals surface area contributed by atoms with Crippen LogP contribution in [0.1, 0.15) is 32.8 Å². The molecule has 0 saturated heterocycles. The lowest BCUT2D eigenvalue weighted by Crippen LogP contribution is -2.41. The van der Waals surface area contributed by atoms with Gasteiger partial charge in [-0.25, -0.2) is 4.79 Å². The highest BCUT2D eigenvalue weighted by Crippen LogP contribution is 2.29. The Morgan fingerprint density at radius 1 is 1.21 bits per heavy atom. The van der Waals surface area contributed by atoms with Gasteiger partial charge in [0.2, 0.25) is 0 Å². The summed E-state index contributed by atoms with van der Waals surface area (Å²) in [6.07, 6.45) is 6.44. The molecule has 0 bridgehead atoms. The van der Waals surface area contributed by atoms with Crippen molar-refractivity contribution in [1.29, 1.82) is 0 Å².